The van der Waals surface area contributed by atoms with E-state index < -0.39 is 12.8 Å². The maximum Gasteiger partial charge on any atom is 0.411 e. The van der Waals surface area contributed by atoms with Gasteiger partial charge >= 0.3 is 6.18 Å². The number of hydrogen-bond donors (Lipinski definition) is 1. The van der Waals surface area contributed by atoms with Gasteiger partial charge in [0.25, 0.3) is 5.91 Å². The summed E-state index contributed by atoms with van der Waals surface area (Å²) in [5, 5.41) is 4.90. The Morgan fingerprint density at radius 1 is 1.06 bits per heavy atom. The van der Waals surface area contributed by atoms with Crippen LogP contribution >= 0.6 is 11.3 Å². The molecule has 3 rings (SSSR count). The first kappa shape index (κ1) is 26.2. The van der Waals surface area contributed by atoms with Crippen molar-refractivity contribution in [1.29, 1.82) is 0 Å². The van der Waals surface area contributed by atoms with Crippen molar-refractivity contribution < 1.29 is 27.5 Å². The fourth-order valence-electron chi connectivity index (χ4n) is 3.77. The molecule has 0 aliphatic carbocycles. The predicted octanol–water partition coefficient (Wildman–Crippen LogP) is 4.44. The second-order valence-electron chi connectivity index (χ2n) is 8.22. The summed E-state index contributed by atoms with van der Waals surface area (Å²) in [6.45, 7) is 1.88. The maximum absolute atomic E-state index is 12.9. The number of alkyl halides is 3. The van der Waals surface area contributed by atoms with Crippen LogP contribution < -0.4 is 5.32 Å². The molecule has 2 aromatic rings. The van der Waals surface area contributed by atoms with Gasteiger partial charge < -0.3 is 15.0 Å². The molecule has 0 bridgehead atoms. The molecule has 0 atom stereocenters. The van der Waals surface area contributed by atoms with Crippen molar-refractivity contribution in [2.24, 2.45) is 0 Å². The number of nitrogens with zero attached hydrogens (tertiary/aromatic N) is 2. The van der Waals surface area contributed by atoms with E-state index in [0.717, 1.165) is 12.8 Å². The van der Waals surface area contributed by atoms with E-state index in [9.17, 15) is 22.8 Å². The van der Waals surface area contributed by atoms with E-state index in [1.807, 2.05) is 11.4 Å². The number of amides is 2. The van der Waals surface area contributed by atoms with E-state index in [0.29, 0.717) is 56.8 Å². The van der Waals surface area contributed by atoms with Crippen LogP contribution in [0.15, 0.2) is 41.8 Å². The van der Waals surface area contributed by atoms with Crippen molar-refractivity contribution in [3.63, 3.8) is 0 Å². The number of aryl methyl sites for hydroxylation is 1. The summed E-state index contributed by atoms with van der Waals surface area (Å²) in [4.78, 5) is 30.3. The van der Waals surface area contributed by atoms with Crippen LogP contribution in [0, 0.1) is 0 Å². The molecule has 1 saturated heterocycles. The highest BCUT2D eigenvalue weighted by molar-refractivity contribution is 7.09. The van der Waals surface area contributed by atoms with Gasteiger partial charge in [-0.1, -0.05) is 12.1 Å². The predicted molar refractivity (Wildman–Crippen MR) is 126 cm³/mol. The molecule has 1 aliphatic heterocycles. The lowest BCUT2D eigenvalue weighted by atomic mass is 10.1. The summed E-state index contributed by atoms with van der Waals surface area (Å²) in [5.74, 6) is -0.170. The van der Waals surface area contributed by atoms with Crippen LogP contribution in [-0.4, -0.2) is 73.7 Å². The SMILES string of the molecule is O=C(CCCc1cccs1)Nc1cccc(C(=O)N2CCN(CCCOCC(F)(F)F)CC2)c1. The van der Waals surface area contributed by atoms with Crippen molar-refractivity contribution in [3.8, 4) is 0 Å². The largest absolute Gasteiger partial charge is 0.411 e. The summed E-state index contributed by atoms with van der Waals surface area (Å²) in [7, 11) is 0. The fraction of sp³-hybridized carbons (Fsp3) is 0.500. The van der Waals surface area contributed by atoms with Gasteiger partial charge in [-0.2, -0.15) is 13.2 Å². The molecule has 0 radical (unpaired) electrons. The Hall–Kier alpha value is -2.43. The molecule has 186 valence electrons. The minimum Gasteiger partial charge on any atom is -0.372 e. The monoisotopic (exact) mass is 497 g/mol. The van der Waals surface area contributed by atoms with Gasteiger partial charge in [0, 0.05) is 61.9 Å². The molecule has 0 saturated carbocycles. The summed E-state index contributed by atoms with van der Waals surface area (Å²) >= 11 is 1.68. The lowest BCUT2D eigenvalue weighted by molar-refractivity contribution is -0.174. The number of thiophene rings is 1. The summed E-state index contributed by atoms with van der Waals surface area (Å²) in [5.41, 5.74) is 1.12. The zero-order chi connectivity index (χ0) is 24.4. The van der Waals surface area contributed by atoms with Crippen molar-refractivity contribution in [3.05, 3.63) is 52.2 Å². The van der Waals surface area contributed by atoms with Crippen LogP contribution in [0.25, 0.3) is 0 Å². The minimum absolute atomic E-state index is 0.0607. The van der Waals surface area contributed by atoms with E-state index >= 15 is 0 Å². The third-order valence-electron chi connectivity index (χ3n) is 5.49. The van der Waals surface area contributed by atoms with Crippen LogP contribution in [0.5, 0.6) is 0 Å². The Kier molecular flexibility index (Phi) is 9.91. The van der Waals surface area contributed by atoms with Crippen LogP contribution in [0.2, 0.25) is 0 Å². The second-order valence-corrected chi connectivity index (χ2v) is 9.25. The Morgan fingerprint density at radius 2 is 1.85 bits per heavy atom. The number of benzene rings is 1. The number of nitrogens with one attached hydrogen (secondary N) is 1. The molecule has 1 aliphatic rings. The minimum atomic E-state index is -4.30. The Balaban J connectivity index is 1.38. The lowest BCUT2D eigenvalue weighted by Crippen LogP contribution is -2.49. The zero-order valence-electron chi connectivity index (χ0n) is 19.0. The number of carbonyl (C=O) groups is 2. The number of carbonyl (C=O) groups excluding carboxylic acids is 2. The van der Waals surface area contributed by atoms with Crippen molar-refractivity contribution in [2.45, 2.75) is 31.9 Å². The molecule has 1 aromatic heterocycles. The van der Waals surface area contributed by atoms with Gasteiger partial charge in [0.1, 0.15) is 6.61 Å². The Labute approximate surface area is 201 Å². The number of rotatable bonds is 11. The van der Waals surface area contributed by atoms with Crippen molar-refractivity contribution in [2.75, 3.05) is 51.3 Å². The third-order valence-corrected chi connectivity index (χ3v) is 6.42. The third kappa shape index (κ3) is 9.08. The zero-order valence-corrected chi connectivity index (χ0v) is 19.8. The standard InChI is InChI=1S/C24H30F3N3O3S/c25-24(26,27)18-33-15-4-10-29-11-13-30(14-12-29)23(32)19-5-1-6-20(17-19)28-22(31)9-2-7-21-8-3-16-34-21/h1,3,5-6,8,16-17H,2,4,7,9-15,18H2,(H,28,31). The molecule has 2 amide bonds. The normalized spacial score (nSPS) is 14.9. The Morgan fingerprint density at radius 3 is 2.56 bits per heavy atom. The molecule has 0 unspecified atom stereocenters. The van der Waals surface area contributed by atoms with Gasteiger partial charge in [0.15, 0.2) is 0 Å². The summed E-state index contributed by atoms with van der Waals surface area (Å²) < 4.78 is 40.9. The highest BCUT2D eigenvalue weighted by Crippen LogP contribution is 2.17. The topological polar surface area (TPSA) is 61.9 Å². The number of hydrogen-bond acceptors (Lipinski definition) is 5. The molecule has 0 spiro atoms. The number of ether oxygens (including phenoxy) is 1. The van der Waals surface area contributed by atoms with E-state index in [1.165, 1.54) is 4.88 Å². The molecule has 2 heterocycles. The fourth-order valence-corrected chi connectivity index (χ4v) is 4.52. The van der Waals surface area contributed by atoms with E-state index in [1.54, 1.807) is 40.5 Å². The molecule has 10 heteroatoms. The average Bonchev–Trinajstić information content (AvgIpc) is 3.32. The average molecular weight is 498 g/mol. The molecule has 1 N–H and O–H groups in total. The van der Waals surface area contributed by atoms with Crippen molar-refractivity contribution in [1.82, 2.24) is 9.80 Å². The molecule has 1 aromatic carbocycles. The molecular formula is C24H30F3N3O3S. The van der Waals surface area contributed by atoms with Crippen LogP contribution in [0.3, 0.4) is 0 Å². The van der Waals surface area contributed by atoms with E-state index in [-0.39, 0.29) is 18.4 Å². The van der Waals surface area contributed by atoms with Crippen LogP contribution in [0.4, 0.5) is 18.9 Å². The summed E-state index contributed by atoms with van der Waals surface area (Å²) in [6, 6.07) is 11.0. The van der Waals surface area contributed by atoms with Gasteiger partial charge in [0.2, 0.25) is 5.91 Å². The van der Waals surface area contributed by atoms with Crippen LogP contribution in [-0.2, 0) is 16.0 Å². The van der Waals surface area contributed by atoms with Crippen molar-refractivity contribution >= 4 is 28.8 Å². The maximum atomic E-state index is 12.9. The molecule has 1 fully saturated rings. The number of halogens is 3. The van der Waals surface area contributed by atoms with Gasteiger partial charge in [-0.3, -0.25) is 14.5 Å². The second kappa shape index (κ2) is 12.9. The molecule has 6 nitrogen and oxygen atoms in total. The lowest BCUT2D eigenvalue weighted by Gasteiger charge is -2.34. The highest BCUT2D eigenvalue weighted by atomic mass is 32.1. The quantitative estimate of drug-likeness (QED) is 0.467. The highest BCUT2D eigenvalue weighted by Gasteiger charge is 2.27. The number of piperazine rings is 1. The smallest absolute Gasteiger partial charge is 0.372 e. The van der Waals surface area contributed by atoms with E-state index in [2.05, 4.69) is 21.0 Å². The van der Waals surface area contributed by atoms with Gasteiger partial charge in [0.05, 0.1) is 0 Å². The van der Waals surface area contributed by atoms with E-state index in [4.69, 9.17) is 0 Å². The first-order chi connectivity index (χ1) is 16.3. The van der Waals surface area contributed by atoms with Gasteiger partial charge in [-0.25, -0.2) is 0 Å². The first-order valence-corrected chi connectivity index (χ1v) is 12.3. The first-order valence-electron chi connectivity index (χ1n) is 11.4. The van der Waals surface area contributed by atoms with Gasteiger partial charge in [-0.05, 0) is 48.9 Å². The van der Waals surface area contributed by atoms with Crippen LogP contribution in [0.1, 0.15) is 34.5 Å². The number of anilines is 1. The molecular weight excluding hydrogens is 467 g/mol. The molecule has 34 heavy (non-hydrogen) atoms. The van der Waals surface area contributed by atoms with Gasteiger partial charge in [-0.15, -0.1) is 11.3 Å². The Bertz CT molecular complexity index is 914. The summed E-state index contributed by atoms with van der Waals surface area (Å²) in [6.07, 6.45) is -1.73.